The SMILES string of the molecule is C.ClCc1ccc(-n2cccn2)nc1.O=S(Cl)Cl.OCc1ccc(-n2cccn2)nc1. The molecular weight excluding hydrogens is 483 g/mol. The molecule has 0 fully saturated rings. The Morgan fingerprint density at radius 3 is 1.61 bits per heavy atom. The highest BCUT2D eigenvalue weighted by molar-refractivity contribution is 8.26. The number of hydrogen-bond donors (Lipinski definition) is 1. The van der Waals surface area contributed by atoms with Gasteiger partial charge in [-0.25, -0.2) is 23.5 Å². The molecule has 0 aliphatic heterocycles. The first-order chi connectivity index (χ1) is 14.5. The normalized spacial score (nSPS) is 9.71. The van der Waals surface area contributed by atoms with Crippen LogP contribution in [0, 0.1) is 0 Å². The number of alkyl halides is 1. The van der Waals surface area contributed by atoms with Gasteiger partial charge in [-0.05, 0) is 35.4 Å². The van der Waals surface area contributed by atoms with Crippen molar-refractivity contribution in [1.82, 2.24) is 29.5 Å². The minimum atomic E-state index is -1.67. The monoisotopic (exact) mass is 502 g/mol. The molecule has 0 spiro atoms. The van der Waals surface area contributed by atoms with Gasteiger partial charge in [-0.15, -0.1) is 11.6 Å². The van der Waals surface area contributed by atoms with Gasteiger partial charge < -0.3 is 5.11 Å². The summed E-state index contributed by atoms with van der Waals surface area (Å²) >= 11 is 5.64. The second-order valence-corrected chi connectivity index (χ2v) is 8.22. The highest BCUT2D eigenvalue weighted by atomic mass is 36.0. The van der Waals surface area contributed by atoms with Crippen LogP contribution in [0.2, 0.25) is 0 Å². The van der Waals surface area contributed by atoms with Crippen molar-refractivity contribution in [3.8, 4) is 11.6 Å². The molecule has 0 atom stereocenters. The summed E-state index contributed by atoms with van der Waals surface area (Å²) < 4.78 is 12.5. The minimum Gasteiger partial charge on any atom is -0.392 e. The van der Waals surface area contributed by atoms with Gasteiger partial charge in [0.1, 0.15) is 0 Å². The van der Waals surface area contributed by atoms with Gasteiger partial charge in [0.15, 0.2) is 11.6 Å². The quantitative estimate of drug-likeness (QED) is 0.326. The molecule has 4 aromatic heterocycles. The van der Waals surface area contributed by atoms with Crippen molar-refractivity contribution >= 4 is 42.2 Å². The lowest BCUT2D eigenvalue weighted by Gasteiger charge is -2.00. The van der Waals surface area contributed by atoms with Gasteiger partial charge >= 0.3 is 0 Å². The standard InChI is InChI=1S/C9H8ClN3.C9H9N3O.CH4.Cl2OS/c10-6-8-2-3-9(11-7-8)13-5-1-4-12-13;13-7-8-2-3-9(10-6-8)12-5-1-4-11-12;;1-4(2)3/h1-5,7H,6H2;1-6,13H,7H2;1H4;. The summed E-state index contributed by atoms with van der Waals surface area (Å²) in [4.78, 5) is 8.34. The van der Waals surface area contributed by atoms with Gasteiger partial charge in [0.05, 0.1) is 6.61 Å². The number of hydrogen-bond acceptors (Lipinski definition) is 6. The van der Waals surface area contributed by atoms with E-state index in [4.69, 9.17) is 20.9 Å². The fourth-order valence-electron chi connectivity index (χ4n) is 2.09. The van der Waals surface area contributed by atoms with Gasteiger partial charge in [0.2, 0.25) is 9.23 Å². The Morgan fingerprint density at radius 2 is 1.32 bits per heavy atom. The van der Waals surface area contributed by atoms with Crippen LogP contribution in [0.15, 0.2) is 73.6 Å². The Hall–Kier alpha value is -2.30. The van der Waals surface area contributed by atoms with Crippen LogP contribution in [0.1, 0.15) is 18.6 Å². The number of nitrogens with zero attached hydrogens (tertiary/aromatic N) is 6. The summed E-state index contributed by atoms with van der Waals surface area (Å²) in [7, 11) is 7.36. The van der Waals surface area contributed by atoms with Crippen molar-refractivity contribution in [2.24, 2.45) is 0 Å². The fourth-order valence-corrected chi connectivity index (χ4v) is 2.24. The van der Waals surface area contributed by atoms with E-state index in [0.717, 1.165) is 22.8 Å². The molecular formula is C19H21Cl3N6O2S. The second-order valence-electron chi connectivity index (χ2n) is 5.43. The van der Waals surface area contributed by atoms with Gasteiger partial charge in [0, 0.05) is 64.4 Å². The van der Waals surface area contributed by atoms with Crippen molar-refractivity contribution in [3.05, 3.63) is 84.7 Å². The zero-order chi connectivity index (χ0) is 21.8. The first-order valence-electron chi connectivity index (χ1n) is 8.34. The Bertz CT molecular complexity index is 917. The number of halogens is 3. The van der Waals surface area contributed by atoms with E-state index in [2.05, 4.69) is 41.5 Å². The lowest BCUT2D eigenvalue weighted by molar-refractivity contribution is 0.281. The van der Waals surface area contributed by atoms with E-state index >= 15 is 0 Å². The van der Waals surface area contributed by atoms with E-state index in [-0.39, 0.29) is 14.0 Å². The highest BCUT2D eigenvalue weighted by Gasteiger charge is 1.97. The Labute approximate surface area is 196 Å². The van der Waals surface area contributed by atoms with Crippen LogP contribution >= 0.6 is 33.0 Å². The molecule has 0 aromatic carbocycles. The minimum absolute atomic E-state index is 0. The largest absolute Gasteiger partial charge is 0.392 e. The molecule has 12 heteroatoms. The fraction of sp³-hybridized carbons (Fsp3) is 0.158. The first kappa shape index (κ1) is 26.7. The van der Waals surface area contributed by atoms with E-state index in [0.29, 0.717) is 5.88 Å². The number of pyridine rings is 2. The second kappa shape index (κ2) is 14.7. The van der Waals surface area contributed by atoms with Crippen molar-refractivity contribution in [1.29, 1.82) is 0 Å². The third-order valence-electron chi connectivity index (χ3n) is 3.43. The molecule has 0 aliphatic rings. The van der Waals surface area contributed by atoms with Crippen LogP contribution in [-0.4, -0.2) is 38.8 Å². The van der Waals surface area contributed by atoms with E-state index in [9.17, 15) is 0 Å². The number of aromatic nitrogens is 6. The van der Waals surface area contributed by atoms with Crippen molar-refractivity contribution in [2.45, 2.75) is 19.9 Å². The smallest absolute Gasteiger partial charge is 0.211 e. The molecule has 4 aromatic rings. The zero-order valence-corrected chi connectivity index (χ0v) is 18.5. The summed E-state index contributed by atoms with van der Waals surface area (Å²) in [5, 5.41) is 16.9. The van der Waals surface area contributed by atoms with E-state index in [1.165, 1.54) is 0 Å². The summed E-state index contributed by atoms with van der Waals surface area (Å²) in [5.41, 5.74) is 1.81. The van der Waals surface area contributed by atoms with Crippen LogP contribution in [0.3, 0.4) is 0 Å². The number of aliphatic hydroxyl groups is 1. The molecule has 31 heavy (non-hydrogen) atoms. The van der Waals surface area contributed by atoms with E-state index in [1.54, 1.807) is 34.2 Å². The van der Waals surface area contributed by atoms with Crippen LogP contribution in [0.4, 0.5) is 0 Å². The van der Waals surface area contributed by atoms with Crippen LogP contribution in [0.25, 0.3) is 11.6 Å². The molecule has 0 aliphatic carbocycles. The van der Waals surface area contributed by atoms with Crippen molar-refractivity contribution < 1.29 is 9.32 Å². The zero-order valence-electron chi connectivity index (χ0n) is 15.4. The summed E-state index contributed by atoms with van der Waals surface area (Å²) in [6, 6.07) is 11.2. The van der Waals surface area contributed by atoms with Crippen LogP contribution in [0.5, 0.6) is 0 Å². The van der Waals surface area contributed by atoms with Crippen molar-refractivity contribution in [3.63, 3.8) is 0 Å². The Balaban J connectivity index is 0.000000258. The molecule has 0 saturated heterocycles. The molecule has 4 heterocycles. The molecule has 0 radical (unpaired) electrons. The molecule has 1 N–H and O–H groups in total. The third kappa shape index (κ3) is 9.58. The maximum atomic E-state index is 9.09. The number of rotatable bonds is 4. The molecule has 166 valence electrons. The summed E-state index contributed by atoms with van der Waals surface area (Å²) in [6.45, 7) is 0.0202. The van der Waals surface area contributed by atoms with E-state index < -0.39 is 9.23 Å². The average Bonchev–Trinajstić information content (AvgIpc) is 3.48. The molecule has 0 saturated carbocycles. The summed E-state index contributed by atoms with van der Waals surface area (Å²) in [6.07, 6.45) is 10.5. The lowest BCUT2D eigenvalue weighted by atomic mass is 10.3. The molecule has 0 bridgehead atoms. The summed E-state index contributed by atoms with van der Waals surface area (Å²) in [5.74, 6) is 2.05. The van der Waals surface area contributed by atoms with Gasteiger partial charge in [-0.2, -0.15) is 10.2 Å². The van der Waals surface area contributed by atoms with Crippen LogP contribution < -0.4 is 0 Å². The maximum absolute atomic E-state index is 9.09. The average molecular weight is 504 g/mol. The van der Waals surface area contributed by atoms with Gasteiger partial charge in [-0.3, -0.25) is 0 Å². The number of aliphatic hydroxyl groups excluding tert-OH is 1. The van der Waals surface area contributed by atoms with Gasteiger partial charge in [0.25, 0.3) is 0 Å². The molecule has 8 nitrogen and oxygen atoms in total. The van der Waals surface area contributed by atoms with Crippen LogP contribution in [-0.2, 0) is 21.7 Å². The van der Waals surface area contributed by atoms with Gasteiger partial charge in [-0.1, -0.05) is 19.6 Å². The molecule has 0 unspecified atom stereocenters. The Morgan fingerprint density at radius 1 is 0.871 bits per heavy atom. The molecule has 4 rings (SSSR count). The van der Waals surface area contributed by atoms with E-state index in [1.807, 2.05) is 48.8 Å². The third-order valence-corrected chi connectivity index (χ3v) is 3.74. The Kier molecular flexibility index (Phi) is 12.6. The highest BCUT2D eigenvalue weighted by Crippen LogP contribution is 2.06. The first-order valence-corrected chi connectivity index (χ1v) is 11.7. The van der Waals surface area contributed by atoms with Crippen molar-refractivity contribution in [2.75, 3.05) is 0 Å². The molecule has 0 amide bonds. The predicted octanol–water partition coefficient (Wildman–Crippen LogP) is 4.44. The predicted molar refractivity (Wildman–Crippen MR) is 125 cm³/mol. The lowest BCUT2D eigenvalue weighted by Crippen LogP contribution is -1.97. The maximum Gasteiger partial charge on any atom is 0.211 e. The topological polar surface area (TPSA) is 98.7 Å².